The van der Waals surface area contributed by atoms with E-state index in [1.54, 1.807) is 25.5 Å². The number of hydrogen-bond acceptors (Lipinski definition) is 3. The van der Waals surface area contributed by atoms with Crippen LogP contribution in [0.5, 0.6) is 0 Å². The molecule has 0 heterocycles. The minimum absolute atomic E-state index is 0.0644. The molecule has 0 aromatic carbocycles. The van der Waals surface area contributed by atoms with Gasteiger partial charge in [0.25, 0.3) is 0 Å². The quantitative estimate of drug-likeness (QED) is 0.292. The van der Waals surface area contributed by atoms with E-state index in [2.05, 4.69) is 17.2 Å². The predicted octanol–water partition coefficient (Wildman–Crippen LogP) is 6.48. The summed E-state index contributed by atoms with van der Waals surface area (Å²) in [5.41, 5.74) is -4.45. The van der Waals surface area contributed by atoms with Crippen molar-refractivity contribution in [1.29, 1.82) is 0 Å². The standard InChI is InChI=1S/C21H31F3O3S/c1-19(2)14-12-17-15(10-11-16-8-4-5-13-20(16,17)3)7-6-9-18(19)27-28(25,26)21(22,23)24/h9,11,15,17H,4-8,10,12-14H2,1-3H3/b18-9+. The van der Waals surface area contributed by atoms with Gasteiger partial charge in [-0.05, 0) is 74.7 Å². The lowest BCUT2D eigenvalue weighted by atomic mass is 9.55. The Hall–Kier alpha value is -0.980. The first kappa shape index (κ1) is 21.7. The SMILES string of the molecule is CC1(C)CCC2C(CC=C3CCCCC32C)CC/C=C\1OS(=O)(=O)C(F)(F)F. The normalized spacial score (nSPS) is 35.8. The zero-order valence-corrected chi connectivity index (χ0v) is 17.8. The van der Waals surface area contributed by atoms with Gasteiger partial charge in [-0.1, -0.05) is 38.8 Å². The molecule has 3 nitrogen and oxygen atoms in total. The topological polar surface area (TPSA) is 43.4 Å². The van der Waals surface area contributed by atoms with E-state index in [9.17, 15) is 21.6 Å². The molecule has 0 aromatic rings. The maximum Gasteiger partial charge on any atom is 0.534 e. The third-order valence-corrected chi connectivity index (χ3v) is 8.24. The minimum atomic E-state index is -5.64. The van der Waals surface area contributed by atoms with Gasteiger partial charge in [-0.3, -0.25) is 0 Å². The smallest absolute Gasteiger partial charge is 0.380 e. The first-order valence-corrected chi connectivity index (χ1v) is 11.7. The molecule has 0 aliphatic heterocycles. The van der Waals surface area contributed by atoms with Crippen LogP contribution in [-0.2, 0) is 14.3 Å². The highest BCUT2D eigenvalue weighted by atomic mass is 32.2. The van der Waals surface area contributed by atoms with Crippen molar-refractivity contribution in [1.82, 2.24) is 0 Å². The van der Waals surface area contributed by atoms with Gasteiger partial charge >= 0.3 is 15.6 Å². The Balaban J connectivity index is 1.86. The molecule has 3 atom stereocenters. The van der Waals surface area contributed by atoms with E-state index in [0.717, 1.165) is 25.7 Å². The van der Waals surface area contributed by atoms with Crippen LogP contribution < -0.4 is 0 Å². The van der Waals surface area contributed by atoms with E-state index >= 15 is 0 Å². The lowest BCUT2D eigenvalue weighted by Gasteiger charge is -2.50. The maximum atomic E-state index is 12.8. The van der Waals surface area contributed by atoms with Crippen LogP contribution in [0.4, 0.5) is 13.2 Å². The largest absolute Gasteiger partial charge is 0.534 e. The van der Waals surface area contributed by atoms with Crippen LogP contribution in [-0.4, -0.2) is 13.9 Å². The molecule has 1 saturated carbocycles. The number of rotatable bonds is 2. The molecule has 28 heavy (non-hydrogen) atoms. The van der Waals surface area contributed by atoms with Gasteiger partial charge in [-0.25, -0.2) is 0 Å². The Morgan fingerprint density at radius 2 is 1.79 bits per heavy atom. The van der Waals surface area contributed by atoms with Crippen molar-refractivity contribution in [3.8, 4) is 0 Å². The van der Waals surface area contributed by atoms with Crippen molar-refractivity contribution in [2.24, 2.45) is 22.7 Å². The van der Waals surface area contributed by atoms with E-state index in [-0.39, 0.29) is 11.2 Å². The molecular formula is C21H31F3O3S. The summed E-state index contributed by atoms with van der Waals surface area (Å²) in [7, 11) is -5.64. The number of fused-ring (bicyclic) bond motifs is 3. The van der Waals surface area contributed by atoms with E-state index in [1.807, 2.05) is 0 Å². The lowest BCUT2D eigenvalue weighted by molar-refractivity contribution is -0.0532. The first-order valence-electron chi connectivity index (χ1n) is 10.3. The molecule has 3 aliphatic carbocycles. The summed E-state index contributed by atoms with van der Waals surface area (Å²) >= 11 is 0. The highest BCUT2D eigenvalue weighted by molar-refractivity contribution is 7.87. The van der Waals surface area contributed by atoms with E-state index in [0.29, 0.717) is 24.7 Å². The predicted molar refractivity (Wildman–Crippen MR) is 103 cm³/mol. The molecule has 1 fully saturated rings. The molecule has 3 unspecified atom stereocenters. The minimum Gasteiger partial charge on any atom is -0.380 e. The summed E-state index contributed by atoms with van der Waals surface area (Å²) in [6.45, 7) is 5.93. The molecule has 0 saturated heterocycles. The summed E-state index contributed by atoms with van der Waals surface area (Å²) < 4.78 is 66.3. The van der Waals surface area contributed by atoms with Gasteiger partial charge in [-0.15, -0.1) is 0 Å². The van der Waals surface area contributed by atoms with Gasteiger partial charge < -0.3 is 4.18 Å². The van der Waals surface area contributed by atoms with Crippen molar-refractivity contribution in [2.45, 2.75) is 84.1 Å². The van der Waals surface area contributed by atoms with E-state index in [1.165, 1.54) is 19.3 Å². The molecule has 160 valence electrons. The molecule has 3 rings (SSSR count). The van der Waals surface area contributed by atoms with Crippen molar-refractivity contribution in [3.05, 3.63) is 23.5 Å². The van der Waals surface area contributed by atoms with Crippen molar-refractivity contribution < 1.29 is 25.8 Å². The van der Waals surface area contributed by atoms with Gasteiger partial charge in [-0.2, -0.15) is 21.6 Å². The number of halogens is 3. The van der Waals surface area contributed by atoms with Crippen LogP contribution in [0, 0.1) is 22.7 Å². The van der Waals surface area contributed by atoms with Crippen molar-refractivity contribution in [3.63, 3.8) is 0 Å². The van der Waals surface area contributed by atoms with Crippen LogP contribution in [0.2, 0.25) is 0 Å². The van der Waals surface area contributed by atoms with Gasteiger partial charge in [0.05, 0.1) is 0 Å². The molecule has 0 aromatic heterocycles. The monoisotopic (exact) mass is 420 g/mol. The van der Waals surface area contributed by atoms with Gasteiger partial charge in [0.1, 0.15) is 5.76 Å². The summed E-state index contributed by atoms with van der Waals surface area (Å²) in [5, 5.41) is 0. The average Bonchev–Trinajstić information content (AvgIpc) is 2.63. The molecular weight excluding hydrogens is 389 g/mol. The van der Waals surface area contributed by atoms with Crippen LogP contribution >= 0.6 is 0 Å². The highest BCUT2D eigenvalue weighted by Gasteiger charge is 2.51. The number of hydrogen-bond donors (Lipinski definition) is 0. The van der Waals surface area contributed by atoms with E-state index in [4.69, 9.17) is 0 Å². The molecule has 3 aliphatic rings. The lowest BCUT2D eigenvalue weighted by Crippen LogP contribution is -2.40. The summed E-state index contributed by atoms with van der Waals surface area (Å²) in [6, 6.07) is 0. The second kappa shape index (κ2) is 7.37. The summed E-state index contributed by atoms with van der Waals surface area (Å²) in [5.74, 6) is 0.905. The van der Waals surface area contributed by atoms with Gasteiger partial charge in [0, 0.05) is 5.41 Å². The fourth-order valence-electron chi connectivity index (χ4n) is 5.52. The van der Waals surface area contributed by atoms with Crippen molar-refractivity contribution >= 4 is 10.1 Å². The second-order valence-corrected chi connectivity index (χ2v) is 11.0. The Labute approximate surface area is 166 Å². The van der Waals surface area contributed by atoms with Gasteiger partial charge in [0.15, 0.2) is 0 Å². The first-order chi connectivity index (χ1) is 12.9. The molecule has 7 heteroatoms. The Morgan fingerprint density at radius 1 is 1.07 bits per heavy atom. The Kier molecular flexibility index (Phi) is 5.72. The number of allylic oxidation sites excluding steroid dienone is 4. The van der Waals surface area contributed by atoms with Crippen molar-refractivity contribution in [2.75, 3.05) is 0 Å². The molecule has 0 spiro atoms. The molecule has 0 N–H and O–H groups in total. The highest BCUT2D eigenvalue weighted by Crippen LogP contribution is 2.56. The number of alkyl halides is 3. The second-order valence-electron chi connectivity index (χ2n) is 9.51. The third kappa shape index (κ3) is 4.01. The Bertz CT molecular complexity index is 764. The fourth-order valence-corrected chi connectivity index (χ4v) is 6.15. The van der Waals surface area contributed by atoms with E-state index < -0.39 is 21.0 Å². The zero-order valence-electron chi connectivity index (χ0n) is 16.9. The fraction of sp³-hybridized carbons (Fsp3) is 0.810. The Morgan fingerprint density at radius 3 is 2.46 bits per heavy atom. The van der Waals surface area contributed by atoms with Crippen LogP contribution in [0.25, 0.3) is 0 Å². The molecule has 0 amide bonds. The summed E-state index contributed by atoms with van der Waals surface area (Å²) in [4.78, 5) is 0. The summed E-state index contributed by atoms with van der Waals surface area (Å²) in [6.07, 6.45) is 12.6. The van der Waals surface area contributed by atoms with Gasteiger partial charge in [0.2, 0.25) is 0 Å². The van der Waals surface area contributed by atoms with Crippen LogP contribution in [0.15, 0.2) is 23.5 Å². The van der Waals surface area contributed by atoms with Crippen LogP contribution in [0.3, 0.4) is 0 Å². The molecule has 0 bridgehead atoms. The zero-order chi connectivity index (χ0) is 20.8. The third-order valence-electron chi connectivity index (χ3n) is 7.28. The van der Waals surface area contributed by atoms with Crippen LogP contribution in [0.1, 0.15) is 78.6 Å². The molecule has 0 radical (unpaired) electrons. The maximum absolute atomic E-state index is 12.8. The average molecular weight is 421 g/mol.